The van der Waals surface area contributed by atoms with Gasteiger partial charge in [-0.1, -0.05) is 63.1 Å². The number of aromatic amines is 1. The Hall–Kier alpha value is -3.44. The summed E-state index contributed by atoms with van der Waals surface area (Å²) in [7, 11) is 8.91. The average molecular weight is 974 g/mol. The molecule has 4 aromatic rings. The van der Waals surface area contributed by atoms with Crippen molar-refractivity contribution in [3.8, 4) is 51.4 Å². The number of fused-ring (bicyclic) bond motifs is 8. The van der Waals surface area contributed by atoms with Crippen molar-refractivity contribution in [3.63, 3.8) is 0 Å². The Labute approximate surface area is 401 Å². The molecule has 1 aromatic heterocycles. The molecule has 11 nitrogen and oxygen atoms in total. The number of aliphatic hydroxyl groups is 3. The third kappa shape index (κ3) is 6.81. The number of rotatable bonds is 11. The molecule has 1 saturated carbocycles. The van der Waals surface area contributed by atoms with Crippen molar-refractivity contribution in [1.82, 2.24) is 4.98 Å². The van der Waals surface area contributed by atoms with Gasteiger partial charge in [-0.05, 0) is 133 Å². The third-order valence-electron chi connectivity index (χ3n) is 16.3. The van der Waals surface area contributed by atoms with Crippen molar-refractivity contribution < 1.29 is 49.6 Å². The van der Waals surface area contributed by atoms with E-state index in [0.29, 0.717) is 48.5 Å². The van der Waals surface area contributed by atoms with Crippen LogP contribution in [0.25, 0.3) is 16.7 Å². The van der Waals surface area contributed by atoms with Gasteiger partial charge in [0.2, 0.25) is 11.5 Å². The molecule has 0 radical (unpaired) electrons. The van der Waals surface area contributed by atoms with Crippen molar-refractivity contribution in [2.75, 3.05) is 45.0 Å². The number of aromatic nitrogens is 1. The van der Waals surface area contributed by atoms with Gasteiger partial charge < -0.3 is 54.6 Å². The summed E-state index contributed by atoms with van der Waals surface area (Å²) in [6, 6.07) is 11.3. The molecular formula is C51H59NO10S4. The van der Waals surface area contributed by atoms with Crippen molar-refractivity contribution in [3.05, 3.63) is 82.2 Å². The summed E-state index contributed by atoms with van der Waals surface area (Å²) in [6.07, 6.45) is 9.19. The van der Waals surface area contributed by atoms with Crippen LogP contribution in [0, 0.1) is 17.8 Å². The van der Waals surface area contributed by atoms with E-state index in [-0.39, 0.29) is 71.2 Å². The van der Waals surface area contributed by atoms with E-state index in [2.05, 4.69) is 31.1 Å². The summed E-state index contributed by atoms with van der Waals surface area (Å²) in [5, 5.41) is 71.9. The number of hydrogen-bond acceptors (Lipinski definition) is 14. The molecule has 1 spiro atoms. The first-order valence-corrected chi connectivity index (χ1v) is 28.1. The summed E-state index contributed by atoms with van der Waals surface area (Å²) >= 11 is 0. The van der Waals surface area contributed by atoms with Crippen LogP contribution in [0.3, 0.4) is 0 Å². The maximum absolute atomic E-state index is 13.8. The lowest BCUT2D eigenvalue weighted by Gasteiger charge is -2.60. The zero-order chi connectivity index (χ0) is 45.7. The second-order valence-corrected chi connectivity index (χ2v) is 25.2. The molecule has 0 amide bonds. The molecule has 352 valence electrons. The van der Waals surface area contributed by atoms with Crippen LogP contribution in [-0.2, 0) is 11.0 Å². The Morgan fingerprint density at radius 3 is 2.56 bits per heavy atom. The van der Waals surface area contributed by atoms with Crippen LogP contribution in [0.5, 0.6) is 40.2 Å². The molecule has 12 rings (SSSR count). The van der Waals surface area contributed by atoms with Gasteiger partial charge in [-0.3, -0.25) is 0 Å². The molecule has 66 heavy (non-hydrogen) atoms. The fraction of sp³-hybridized carbons (Fsp3) is 0.529. The molecule has 3 aromatic carbocycles. The average Bonchev–Trinajstić information content (AvgIpc) is 3.86. The fourth-order valence-electron chi connectivity index (χ4n) is 13.0. The first-order valence-electron chi connectivity index (χ1n) is 23.4. The first-order chi connectivity index (χ1) is 32.0. The second-order valence-electron chi connectivity index (χ2n) is 19.9. The lowest BCUT2D eigenvalue weighted by atomic mass is 9.52. The summed E-state index contributed by atoms with van der Waals surface area (Å²) in [6.45, 7) is 4.09. The molecule has 5 heterocycles. The third-order valence-corrected chi connectivity index (χ3v) is 22.5. The molecule has 9 atom stereocenters. The molecule has 3 fully saturated rings. The van der Waals surface area contributed by atoms with Gasteiger partial charge in [-0.15, -0.1) is 0 Å². The number of allylic oxidation sites excluding steroid dienone is 1. The van der Waals surface area contributed by atoms with E-state index < -0.39 is 27.8 Å². The minimum atomic E-state index is -1.53. The predicted octanol–water partition coefficient (Wildman–Crippen LogP) is 10.0. The SMILES string of the molecule is COc1c(O)c(OCCC(C)C)cc(C23CCC45CCC6CC7c8cc(O)ccc8-c8c(OCCO)cc(c(c8C7(CO)CSSCC7=C(c8cc[nH]c8)CC6CC7SS4)C5C2O)O3)c1O. The van der Waals surface area contributed by atoms with E-state index in [4.69, 9.17) is 18.9 Å². The van der Waals surface area contributed by atoms with Crippen molar-refractivity contribution in [2.45, 2.75) is 104 Å². The van der Waals surface area contributed by atoms with Gasteiger partial charge in [0.25, 0.3) is 0 Å². The molecule has 10 bridgehead atoms. The van der Waals surface area contributed by atoms with Gasteiger partial charge >= 0.3 is 0 Å². The molecule has 4 aliphatic heterocycles. The zero-order valence-electron chi connectivity index (χ0n) is 37.5. The second kappa shape index (κ2) is 17.2. The number of benzene rings is 3. The number of aromatic hydroxyl groups is 3. The lowest BCUT2D eigenvalue weighted by Crippen LogP contribution is -2.61. The van der Waals surface area contributed by atoms with E-state index >= 15 is 0 Å². The summed E-state index contributed by atoms with van der Waals surface area (Å²) in [5.41, 5.74) is 6.39. The highest BCUT2D eigenvalue weighted by molar-refractivity contribution is 8.77. The van der Waals surface area contributed by atoms with Crippen LogP contribution in [0.2, 0.25) is 0 Å². The number of H-pyrrole nitrogens is 1. The van der Waals surface area contributed by atoms with E-state index in [0.717, 1.165) is 72.1 Å². The Morgan fingerprint density at radius 1 is 0.939 bits per heavy atom. The quantitative estimate of drug-likeness (QED) is 0.0708. The van der Waals surface area contributed by atoms with Crippen molar-refractivity contribution in [2.24, 2.45) is 17.8 Å². The molecule has 2 saturated heterocycles. The van der Waals surface area contributed by atoms with Crippen LogP contribution < -0.4 is 18.9 Å². The van der Waals surface area contributed by atoms with Crippen LogP contribution >= 0.6 is 43.2 Å². The topological polar surface area (TPSA) is 174 Å². The number of nitrogens with one attached hydrogen (secondary N) is 1. The summed E-state index contributed by atoms with van der Waals surface area (Å²) in [4.78, 5) is 3.34. The van der Waals surface area contributed by atoms with Gasteiger partial charge in [0, 0.05) is 68.0 Å². The van der Waals surface area contributed by atoms with Gasteiger partial charge in [0.15, 0.2) is 17.1 Å². The summed E-state index contributed by atoms with van der Waals surface area (Å²) in [5.74, 6) is 2.02. The van der Waals surface area contributed by atoms with Crippen molar-refractivity contribution >= 4 is 48.7 Å². The number of aliphatic hydroxyl groups excluding tert-OH is 3. The monoisotopic (exact) mass is 973 g/mol. The number of hydrogen-bond donors (Lipinski definition) is 7. The van der Waals surface area contributed by atoms with Crippen LogP contribution in [0.4, 0.5) is 0 Å². The summed E-state index contributed by atoms with van der Waals surface area (Å²) < 4.78 is 25.4. The minimum Gasteiger partial charge on any atom is -0.508 e. The number of phenols is 3. The predicted molar refractivity (Wildman–Crippen MR) is 264 cm³/mol. The van der Waals surface area contributed by atoms with Crippen LogP contribution in [0.15, 0.2) is 54.4 Å². The number of methoxy groups -OCH3 is 1. The van der Waals surface area contributed by atoms with E-state index in [1.165, 1.54) is 23.8 Å². The Kier molecular flexibility index (Phi) is 11.7. The molecule has 7 N–H and O–H groups in total. The van der Waals surface area contributed by atoms with Gasteiger partial charge in [0.1, 0.15) is 30.0 Å². The molecule has 4 aliphatic carbocycles. The van der Waals surface area contributed by atoms with Gasteiger partial charge in [0.05, 0.1) is 26.9 Å². The highest BCUT2D eigenvalue weighted by Crippen LogP contribution is 2.72. The zero-order valence-corrected chi connectivity index (χ0v) is 40.8. The Balaban J connectivity index is 1.22. The highest BCUT2D eigenvalue weighted by atomic mass is 33.1. The standard InChI is InChI=1S/C51H59NO10S4/c1-26(2)8-14-60-39-20-36(45(56)47(59-3)46(39)57)51-11-10-50-9-6-27-17-35-33-19-30(55)4-5-31(33)41-37(61-15-13-53)21-38(62-51)42(44(50)48(51)58)43(41)49(35,24-54)25-64-63-23-34-32(28-7-12-52-22-28)16-29(27)18-40(34)65-66-50/h4-5,7,12,19-22,26-27,29,35,40,44,48,52-58H,6,8-11,13-18,23-25H2,1-3H3. The van der Waals surface area contributed by atoms with E-state index in [1.807, 2.05) is 56.8 Å². The Morgan fingerprint density at radius 2 is 1.79 bits per heavy atom. The molecule has 9 unspecified atom stereocenters. The van der Waals surface area contributed by atoms with E-state index in [1.54, 1.807) is 22.9 Å². The van der Waals surface area contributed by atoms with Crippen molar-refractivity contribution in [1.29, 1.82) is 0 Å². The molecule has 15 heteroatoms. The first kappa shape index (κ1) is 45.0. The maximum atomic E-state index is 13.8. The minimum absolute atomic E-state index is 0.00316. The maximum Gasteiger partial charge on any atom is 0.207 e. The molecular weight excluding hydrogens is 915 g/mol. The Bertz CT molecular complexity index is 2570. The smallest absolute Gasteiger partial charge is 0.207 e. The van der Waals surface area contributed by atoms with Crippen LogP contribution in [-0.4, -0.2) is 96.8 Å². The number of phenolic OH excluding ortho intramolecular Hbond substituents is 3. The number of ether oxygens (including phenoxy) is 4. The van der Waals surface area contributed by atoms with Gasteiger partial charge in [-0.25, -0.2) is 0 Å². The normalized spacial score (nSPS) is 31.6. The molecule has 8 aliphatic rings. The lowest BCUT2D eigenvalue weighted by molar-refractivity contribution is -0.125. The largest absolute Gasteiger partial charge is 0.508 e. The fourth-order valence-corrected chi connectivity index (χ4v) is 20.0. The van der Waals surface area contributed by atoms with Gasteiger partial charge in [-0.2, -0.15) is 0 Å². The van der Waals surface area contributed by atoms with E-state index in [9.17, 15) is 30.6 Å². The van der Waals surface area contributed by atoms with Crippen LogP contribution in [0.1, 0.15) is 105 Å². The highest BCUT2D eigenvalue weighted by Gasteiger charge is 2.66.